The van der Waals surface area contributed by atoms with Crippen LogP contribution in [0.3, 0.4) is 0 Å². The predicted molar refractivity (Wildman–Crippen MR) is 121 cm³/mol. The maximum atomic E-state index is 13.7. The number of benzene rings is 1. The number of nitrogens with zero attached hydrogens (tertiary/aromatic N) is 6. The molecule has 166 valence electrons. The lowest BCUT2D eigenvalue weighted by molar-refractivity contribution is -0.141. The molecule has 0 aliphatic carbocycles. The van der Waals surface area contributed by atoms with Crippen LogP contribution < -0.4 is 4.90 Å². The van der Waals surface area contributed by atoms with Crippen molar-refractivity contribution in [2.24, 2.45) is 0 Å². The molecule has 0 unspecified atom stereocenters. The van der Waals surface area contributed by atoms with Crippen molar-refractivity contribution in [2.45, 2.75) is 25.2 Å². The second kappa shape index (κ2) is 8.70. The van der Waals surface area contributed by atoms with E-state index in [1.54, 1.807) is 6.20 Å². The predicted octanol–water partition coefficient (Wildman–Crippen LogP) is 2.37. The molecule has 2 aliphatic rings. The van der Waals surface area contributed by atoms with Crippen LogP contribution in [-0.2, 0) is 14.9 Å². The van der Waals surface area contributed by atoms with Gasteiger partial charge in [0.15, 0.2) is 11.6 Å². The van der Waals surface area contributed by atoms with Crippen LogP contribution in [0.25, 0.3) is 5.82 Å². The van der Waals surface area contributed by atoms with Gasteiger partial charge in [-0.3, -0.25) is 9.36 Å². The number of piperazine rings is 1. The molecule has 0 bridgehead atoms. The van der Waals surface area contributed by atoms with Gasteiger partial charge in [0.2, 0.25) is 5.91 Å². The third-order valence-corrected chi connectivity index (χ3v) is 6.68. The van der Waals surface area contributed by atoms with Crippen molar-refractivity contribution in [1.29, 1.82) is 0 Å². The molecule has 2 fully saturated rings. The summed E-state index contributed by atoms with van der Waals surface area (Å²) in [6.07, 6.45) is 5.09. The minimum Gasteiger partial charge on any atom is -0.381 e. The molecule has 1 amide bonds. The maximum Gasteiger partial charge on any atom is 0.233 e. The first-order chi connectivity index (χ1) is 15.7. The molecule has 2 saturated heterocycles. The fourth-order valence-corrected chi connectivity index (χ4v) is 4.78. The molecule has 5 rings (SSSR count). The Morgan fingerprint density at radius 1 is 0.938 bits per heavy atom. The van der Waals surface area contributed by atoms with Crippen LogP contribution in [-0.4, -0.2) is 69.9 Å². The van der Waals surface area contributed by atoms with Crippen molar-refractivity contribution in [3.8, 4) is 5.82 Å². The highest BCUT2D eigenvalue weighted by Crippen LogP contribution is 2.37. The Labute approximate surface area is 187 Å². The molecule has 0 N–H and O–H groups in total. The average molecular weight is 433 g/mol. The van der Waals surface area contributed by atoms with Crippen molar-refractivity contribution in [3.63, 3.8) is 0 Å². The van der Waals surface area contributed by atoms with Gasteiger partial charge < -0.3 is 14.5 Å². The lowest BCUT2D eigenvalue weighted by Crippen LogP contribution is -2.56. The zero-order valence-corrected chi connectivity index (χ0v) is 18.4. The Morgan fingerprint density at radius 3 is 2.25 bits per heavy atom. The summed E-state index contributed by atoms with van der Waals surface area (Å²) in [5.74, 6) is 2.69. The molecule has 0 spiro atoms. The molecule has 3 aromatic rings. The minimum atomic E-state index is -0.480. The van der Waals surface area contributed by atoms with Gasteiger partial charge in [-0.2, -0.15) is 0 Å². The van der Waals surface area contributed by atoms with E-state index in [0.29, 0.717) is 26.3 Å². The zero-order chi connectivity index (χ0) is 22.0. The van der Waals surface area contributed by atoms with Crippen LogP contribution >= 0.6 is 0 Å². The van der Waals surface area contributed by atoms with Crippen LogP contribution in [0.15, 0.2) is 54.9 Å². The second-order valence-corrected chi connectivity index (χ2v) is 8.43. The van der Waals surface area contributed by atoms with Crippen molar-refractivity contribution in [1.82, 2.24) is 24.6 Å². The number of carbonyl (C=O) groups is 1. The monoisotopic (exact) mass is 432 g/mol. The molecule has 2 aromatic heterocycles. The van der Waals surface area contributed by atoms with E-state index in [4.69, 9.17) is 4.74 Å². The fourth-order valence-electron chi connectivity index (χ4n) is 4.78. The second-order valence-electron chi connectivity index (χ2n) is 8.43. The summed E-state index contributed by atoms with van der Waals surface area (Å²) in [5, 5.41) is 8.80. The van der Waals surface area contributed by atoms with Gasteiger partial charge in [-0.25, -0.2) is 4.98 Å². The fraction of sp³-hybridized carbons (Fsp3) is 0.417. The van der Waals surface area contributed by atoms with E-state index in [1.165, 1.54) is 0 Å². The van der Waals surface area contributed by atoms with Gasteiger partial charge in [0.05, 0.1) is 5.41 Å². The van der Waals surface area contributed by atoms with Gasteiger partial charge in [-0.15, -0.1) is 10.2 Å². The SMILES string of the molecule is Cc1nccn1-c1ccc(N2CCN(C(=O)C3(c4ccccc4)CCOCC3)CC2)nn1. The third-order valence-electron chi connectivity index (χ3n) is 6.68. The molecular formula is C24H28N6O2. The van der Waals surface area contributed by atoms with Crippen LogP contribution in [0.4, 0.5) is 5.82 Å². The third kappa shape index (κ3) is 3.75. The van der Waals surface area contributed by atoms with Crippen LogP contribution in [0.2, 0.25) is 0 Å². The van der Waals surface area contributed by atoms with Crippen LogP contribution in [0.5, 0.6) is 0 Å². The first kappa shape index (κ1) is 20.6. The van der Waals surface area contributed by atoms with E-state index in [2.05, 4.69) is 32.2 Å². The smallest absolute Gasteiger partial charge is 0.233 e. The van der Waals surface area contributed by atoms with Gasteiger partial charge >= 0.3 is 0 Å². The molecule has 8 heteroatoms. The van der Waals surface area contributed by atoms with Gasteiger partial charge in [0, 0.05) is 51.8 Å². The Bertz CT molecular complexity index is 1050. The molecule has 32 heavy (non-hydrogen) atoms. The molecular weight excluding hydrogens is 404 g/mol. The van der Waals surface area contributed by atoms with Crippen molar-refractivity contribution in [2.75, 3.05) is 44.3 Å². The number of aromatic nitrogens is 4. The number of imidazole rings is 1. The van der Waals surface area contributed by atoms with E-state index in [0.717, 1.165) is 49.0 Å². The number of amides is 1. The number of carbonyl (C=O) groups excluding carboxylic acids is 1. The number of rotatable bonds is 4. The quantitative estimate of drug-likeness (QED) is 0.630. The molecule has 4 heterocycles. The minimum absolute atomic E-state index is 0.226. The standard InChI is InChI=1S/C24H28N6O2/c1-19-25-11-12-30(19)22-8-7-21(26-27-22)28-13-15-29(16-14-28)23(31)24(9-17-32-18-10-24)20-5-3-2-4-6-20/h2-8,11-12H,9-10,13-18H2,1H3. The Hall–Kier alpha value is -3.26. The number of aryl methyl sites for hydroxylation is 1. The summed E-state index contributed by atoms with van der Waals surface area (Å²) in [6.45, 7) is 6.03. The summed E-state index contributed by atoms with van der Waals surface area (Å²) < 4.78 is 7.51. The Kier molecular flexibility index (Phi) is 5.61. The van der Waals surface area contributed by atoms with E-state index in [-0.39, 0.29) is 5.91 Å². The summed E-state index contributed by atoms with van der Waals surface area (Å²) in [5.41, 5.74) is 0.623. The van der Waals surface area contributed by atoms with Gasteiger partial charge in [-0.1, -0.05) is 30.3 Å². The summed E-state index contributed by atoms with van der Waals surface area (Å²) in [4.78, 5) is 22.2. The van der Waals surface area contributed by atoms with Gasteiger partial charge in [-0.05, 0) is 37.5 Å². The Balaban J connectivity index is 1.28. The van der Waals surface area contributed by atoms with E-state index >= 15 is 0 Å². The number of ether oxygens (including phenoxy) is 1. The van der Waals surface area contributed by atoms with E-state index < -0.39 is 5.41 Å². The summed E-state index contributed by atoms with van der Waals surface area (Å²) in [7, 11) is 0. The molecule has 0 radical (unpaired) electrons. The van der Waals surface area contributed by atoms with E-state index in [9.17, 15) is 4.79 Å². The molecule has 0 saturated carbocycles. The highest BCUT2D eigenvalue weighted by Gasteiger charge is 2.44. The molecule has 2 aliphatic heterocycles. The maximum absolute atomic E-state index is 13.7. The number of hydrogen-bond acceptors (Lipinski definition) is 6. The van der Waals surface area contributed by atoms with E-state index in [1.807, 2.05) is 52.9 Å². The van der Waals surface area contributed by atoms with Gasteiger partial charge in [0.1, 0.15) is 5.82 Å². The normalized spacial score (nSPS) is 18.5. The largest absolute Gasteiger partial charge is 0.381 e. The highest BCUT2D eigenvalue weighted by molar-refractivity contribution is 5.88. The van der Waals surface area contributed by atoms with Crippen molar-refractivity contribution < 1.29 is 9.53 Å². The number of hydrogen-bond donors (Lipinski definition) is 0. The first-order valence-corrected chi connectivity index (χ1v) is 11.2. The van der Waals surface area contributed by atoms with Gasteiger partial charge in [0.25, 0.3) is 0 Å². The van der Waals surface area contributed by atoms with Crippen molar-refractivity contribution in [3.05, 3.63) is 66.2 Å². The lowest BCUT2D eigenvalue weighted by Gasteiger charge is -2.43. The average Bonchev–Trinajstić information content (AvgIpc) is 3.30. The zero-order valence-electron chi connectivity index (χ0n) is 18.4. The van der Waals surface area contributed by atoms with Crippen LogP contribution in [0.1, 0.15) is 24.2 Å². The number of anilines is 1. The summed E-state index contributed by atoms with van der Waals surface area (Å²) in [6, 6.07) is 14.2. The molecule has 8 nitrogen and oxygen atoms in total. The Morgan fingerprint density at radius 2 is 1.62 bits per heavy atom. The van der Waals surface area contributed by atoms with Crippen molar-refractivity contribution >= 4 is 11.7 Å². The topological polar surface area (TPSA) is 76.4 Å². The first-order valence-electron chi connectivity index (χ1n) is 11.2. The highest BCUT2D eigenvalue weighted by atomic mass is 16.5. The molecule has 1 aromatic carbocycles. The summed E-state index contributed by atoms with van der Waals surface area (Å²) >= 11 is 0. The molecule has 0 atom stereocenters. The lowest BCUT2D eigenvalue weighted by atomic mass is 9.73. The van der Waals surface area contributed by atoms with Crippen LogP contribution in [0, 0.1) is 6.92 Å².